The number of benzene rings is 2. The van der Waals surface area contributed by atoms with Crippen molar-refractivity contribution >= 4 is 52.8 Å². The highest BCUT2D eigenvalue weighted by molar-refractivity contribution is 6.31. The number of nitrogens with one attached hydrogen (secondary N) is 1. The predicted octanol–water partition coefficient (Wildman–Crippen LogP) is 4.95. The lowest BCUT2D eigenvalue weighted by atomic mass is 9.71. The van der Waals surface area contributed by atoms with Gasteiger partial charge in [0.05, 0.1) is 11.5 Å². The monoisotopic (exact) mass is 595 g/mol. The molecule has 212 valence electrons. The van der Waals surface area contributed by atoms with Gasteiger partial charge in [-0.15, -0.1) is 0 Å². The summed E-state index contributed by atoms with van der Waals surface area (Å²) in [5.41, 5.74) is 6.97. The van der Waals surface area contributed by atoms with Crippen LogP contribution in [0.5, 0.6) is 0 Å². The first kappa shape index (κ1) is 27.6. The number of amides is 3. The van der Waals surface area contributed by atoms with Crippen molar-refractivity contribution in [2.24, 2.45) is 17.6 Å². The molecule has 11 heteroatoms. The number of pyridine rings is 1. The highest BCUT2D eigenvalue weighted by Gasteiger charge is 2.65. The maximum absolute atomic E-state index is 15.9. The number of hydrogen-bond acceptors (Lipinski definition) is 5. The number of anilines is 2. The van der Waals surface area contributed by atoms with E-state index in [1.807, 2.05) is 13.0 Å². The summed E-state index contributed by atoms with van der Waals surface area (Å²) in [4.78, 5) is 45.6. The molecule has 3 heterocycles. The third-order valence-corrected chi connectivity index (χ3v) is 9.36. The van der Waals surface area contributed by atoms with Crippen LogP contribution in [0.3, 0.4) is 0 Å². The van der Waals surface area contributed by atoms with E-state index < -0.39 is 29.1 Å². The van der Waals surface area contributed by atoms with Crippen molar-refractivity contribution in [2.45, 2.75) is 37.3 Å². The van der Waals surface area contributed by atoms with E-state index in [0.29, 0.717) is 47.4 Å². The number of carbonyl (C=O) groups excluding carboxylic acids is 3. The van der Waals surface area contributed by atoms with E-state index in [4.69, 9.17) is 28.9 Å². The summed E-state index contributed by atoms with van der Waals surface area (Å²) in [7, 11) is 0. The van der Waals surface area contributed by atoms with Gasteiger partial charge in [0.25, 0.3) is 0 Å². The fourth-order valence-electron chi connectivity index (χ4n) is 6.84. The van der Waals surface area contributed by atoms with Crippen molar-refractivity contribution in [2.75, 3.05) is 23.3 Å². The average Bonchev–Trinajstić information content (AvgIpc) is 3.67. The van der Waals surface area contributed by atoms with Crippen LogP contribution in [0, 0.1) is 17.7 Å². The predicted molar refractivity (Wildman–Crippen MR) is 154 cm³/mol. The lowest BCUT2D eigenvalue weighted by Gasteiger charge is -2.44. The molecule has 1 aromatic heterocycles. The topological polar surface area (TPSA) is 109 Å². The number of aromatic nitrogens is 1. The van der Waals surface area contributed by atoms with Crippen molar-refractivity contribution in [1.82, 2.24) is 9.88 Å². The quantitative estimate of drug-likeness (QED) is 0.283. The molecule has 4 atom stereocenters. The molecule has 2 aliphatic heterocycles. The van der Waals surface area contributed by atoms with Crippen LogP contribution >= 0.6 is 23.2 Å². The molecular weight excluding hydrogens is 568 g/mol. The van der Waals surface area contributed by atoms with Gasteiger partial charge in [-0.25, -0.2) is 9.37 Å². The van der Waals surface area contributed by atoms with Gasteiger partial charge in [-0.1, -0.05) is 29.3 Å². The minimum Gasteiger partial charge on any atom is -0.366 e. The summed E-state index contributed by atoms with van der Waals surface area (Å²) in [6.45, 7) is 3.06. The first-order chi connectivity index (χ1) is 19.6. The number of halogens is 3. The van der Waals surface area contributed by atoms with Crippen LogP contribution in [0.1, 0.15) is 47.2 Å². The van der Waals surface area contributed by atoms with Crippen molar-refractivity contribution < 1.29 is 18.8 Å². The maximum Gasteiger partial charge on any atom is 0.248 e. The molecule has 3 aromatic rings. The highest BCUT2D eigenvalue weighted by Crippen LogP contribution is 2.60. The van der Waals surface area contributed by atoms with Crippen LogP contribution in [-0.2, 0) is 15.1 Å². The Morgan fingerprint density at radius 2 is 1.93 bits per heavy atom. The average molecular weight is 596 g/mol. The summed E-state index contributed by atoms with van der Waals surface area (Å²) in [6, 6.07) is 13.1. The largest absolute Gasteiger partial charge is 0.366 e. The minimum atomic E-state index is -0.920. The fraction of sp³-hybridized carbons (Fsp3) is 0.333. The SMILES string of the molecule is C[C@@]1(c2ccc(Cl)cc2NC=O)[C@@H](c2ccnc(Cl)c2F)[C@@H]2C(=O)N(c3ccc(C(N)=O)cc3)C[C@@H]2N1CC1CC1. The van der Waals surface area contributed by atoms with E-state index in [2.05, 4.69) is 15.2 Å². The van der Waals surface area contributed by atoms with Crippen molar-refractivity contribution in [3.8, 4) is 0 Å². The number of carbonyl (C=O) groups is 3. The van der Waals surface area contributed by atoms with Crippen LogP contribution in [0.2, 0.25) is 10.2 Å². The van der Waals surface area contributed by atoms with Crippen LogP contribution < -0.4 is 16.0 Å². The molecule has 2 aromatic carbocycles. The molecule has 0 bridgehead atoms. The molecule has 1 aliphatic carbocycles. The van der Waals surface area contributed by atoms with Gasteiger partial charge in [-0.3, -0.25) is 19.3 Å². The summed E-state index contributed by atoms with van der Waals surface area (Å²) in [6.07, 6.45) is 4.17. The Hall–Kier alpha value is -3.53. The number of primary amides is 1. The second-order valence-electron chi connectivity index (χ2n) is 11.1. The highest BCUT2D eigenvalue weighted by atomic mass is 35.5. The Labute approximate surface area is 246 Å². The Kier molecular flexibility index (Phi) is 7.00. The molecule has 8 nitrogen and oxygen atoms in total. The Balaban J connectivity index is 1.54. The second kappa shape index (κ2) is 10.4. The standard InChI is InChI=1S/C30H28Cl2FN5O3/c1-30(21-9-6-18(31)12-22(21)36-15-39)25(20-10-11-35-27(32)26(20)33)24-23(38(30)13-16-2-3-16)14-37(29(24)41)19-7-4-17(5-8-19)28(34)40/h4-12,15-16,23-25H,2-3,13-14H2,1H3,(H2,34,40)(H,36,39)/t23-,24+,25-,30+/m0/s1. The molecular formula is C30H28Cl2FN5O3. The number of nitrogens with zero attached hydrogens (tertiary/aromatic N) is 3. The van der Waals surface area contributed by atoms with E-state index in [-0.39, 0.29) is 22.7 Å². The molecule has 0 radical (unpaired) electrons. The minimum absolute atomic E-state index is 0.164. The Bertz CT molecular complexity index is 1550. The van der Waals surface area contributed by atoms with Crippen molar-refractivity contribution in [3.05, 3.63) is 87.4 Å². The van der Waals surface area contributed by atoms with Gasteiger partial charge < -0.3 is 16.0 Å². The van der Waals surface area contributed by atoms with E-state index in [1.165, 1.54) is 6.20 Å². The zero-order chi connectivity index (χ0) is 29.1. The molecule has 2 saturated heterocycles. The first-order valence-electron chi connectivity index (χ1n) is 13.4. The van der Waals surface area contributed by atoms with Gasteiger partial charge in [0.1, 0.15) is 0 Å². The van der Waals surface area contributed by atoms with Crippen LogP contribution in [0.4, 0.5) is 15.8 Å². The normalized spacial score (nSPS) is 25.8. The number of hydrogen-bond donors (Lipinski definition) is 2. The molecule has 3 aliphatic rings. The number of likely N-dealkylation sites (tertiary alicyclic amines) is 1. The molecule has 0 spiro atoms. The van der Waals surface area contributed by atoms with Gasteiger partial charge in [0.15, 0.2) is 11.0 Å². The molecule has 3 fully saturated rings. The lowest BCUT2D eigenvalue weighted by Crippen LogP contribution is -2.49. The molecule has 6 rings (SSSR count). The molecule has 41 heavy (non-hydrogen) atoms. The van der Waals surface area contributed by atoms with E-state index in [9.17, 15) is 14.4 Å². The number of rotatable bonds is 8. The first-order valence-corrected chi connectivity index (χ1v) is 14.2. The van der Waals surface area contributed by atoms with Gasteiger partial charge >= 0.3 is 0 Å². The van der Waals surface area contributed by atoms with E-state index >= 15 is 4.39 Å². The summed E-state index contributed by atoms with van der Waals surface area (Å²) in [5.74, 6) is -2.27. The Morgan fingerprint density at radius 3 is 2.59 bits per heavy atom. The molecule has 3 amide bonds. The second-order valence-corrected chi connectivity index (χ2v) is 11.9. The van der Waals surface area contributed by atoms with Crippen molar-refractivity contribution in [1.29, 1.82) is 0 Å². The van der Waals surface area contributed by atoms with Gasteiger partial charge in [0.2, 0.25) is 18.2 Å². The van der Waals surface area contributed by atoms with E-state index in [0.717, 1.165) is 18.4 Å². The van der Waals surface area contributed by atoms with Crippen LogP contribution in [-0.4, -0.2) is 47.2 Å². The molecule has 3 N–H and O–H groups in total. The molecule has 0 unspecified atom stereocenters. The zero-order valence-electron chi connectivity index (χ0n) is 22.2. The smallest absolute Gasteiger partial charge is 0.248 e. The summed E-state index contributed by atoms with van der Waals surface area (Å²) < 4.78 is 15.9. The van der Waals surface area contributed by atoms with Crippen LogP contribution in [0.25, 0.3) is 0 Å². The summed E-state index contributed by atoms with van der Waals surface area (Å²) in [5, 5.41) is 2.94. The maximum atomic E-state index is 15.9. The zero-order valence-corrected chi connectivity index (χ0v) is 23.7. The van der Waals surface area contributed by atoms with Gasteiger partial charge in [-0.2, -0.15) is 0 Å². The van der Waals surface area contributed by atoms with Gasteiger partial charge in [0, 0.05) is 53.2 Å². The van der Waals surface area contributed by atoms with Crippen molar-refractivity contribution in [3.63, 3.8) is 0 Å². The number of fused-ring (bicyclic) bond motifs is 1. The van der Waals surface area contributed by atoms with E-state index in [1.54, 1.807) is 47.4 Å². The summed E-state index contributed by atoms with van der Waals surface area (Å²) >= 11 is 12.5. The Morgan fingerprint density at radius 1 is 1.20 bits per heavy atom. The third kappa shape index (κ3) is 4.56. The fourth-order valence-corrected chi connectivity index (χ4v) is 7.18. The molecule has 1 saturated carbocycles. The van der Waals surface area contributed by atoms with Crippen LogP contribution in [0.15, 0.2) is 54.7 Å². The third-order valence-electron chi connectivity index (χ3n) is 8.87. The van der Waals surface area contributed by atoms with Gasteiger partial charge in [-0.05, 0) is 79.3 Å². The number of nitrogens with two attached hydrogens (primary N) is 1. The lowest BCUT2D eigenvalue weighted by molar-refractivity contribution is -0.121.